The summed E-state index contributed by atoms with van der Waals surface area (Å²) in [5.41, 5.74) is -0.738. The molecule has 3 heterocycles. The molecule has 2 fully saturated rings. The van der Waals surface area contributed by atoms with Gasteiger partial charge in [-0.05, 0) is 25.0 Å². The molecule has 4 rings (SSSR count). The average molecular weight is 361 g/mol. The predicted octanol–water partition coefficient (Wildman–Crippen LogP) is 1.51. The Morgan fingerprint density at radius 1 is 1.28 bits per heavy atom. The minimum Gasteiger partial charge on any atom is -0.439 e. The standard InChI is InChI=1S/C17H19N3O4S/c1-18-10-17(24-16(18)23)7-4-8-19(11-17)14(21)9-20-15(22)12-5-2-3-6-13(12)25-20/h2-3,5-6H,4,7-11H2,1H3/t17-/m1/s1. The Kier molecular flexibility index (Phi) is 3.79. The van der Waals surface area contributed by atoms with Crippen molar-refractivity contribution in [3.05, 3.63) is 34.6 Å². The zero-order valence-corrected chi connectivity index (χ0v) is 14.8. The van der Waals surface area contributed by atoms with E-state index in [0.717, 1.165) is 17.5 Å². The van der Waals surface area contributed by atoms with Gasteiger partial charge in [-0.1, -0.05) is 23.7 Å². The summed E-state index contributed by atoms with van der Waals surface area (Å²) in [6, 6.07) is 7.36. The number of carbonyl (C=O) groups is 2. The number of rotatable bonds is 2. The number of amides is 2. The number of piperidine rings is 1. The van der Waals surface area contributed by atoms with Gasteiger partial charge < -0.3 is 14.5 Å². The van der Waals surface area contributed by atoms with Gasteiger partial charge in [0.2, 0.25) is 5.91 Å². The van der Waals surface area contributed by atoms with E-state index in [1.54, 1.807) is 22.9 Å². The van der Waals surface area contributed by atoms with E-state index in [9.17, 15) is 14.4 Å². The van der Waals surface area contributed by atoms with Gasteiger partial charge in [-0.2, -0.15) is 0 Å². The first-order valence-corrected chi connectivity index (χ1v) is 9.06. The van der Waals surface area contributed by atoms with E-state index in [1.807, 2.05) is 18.2 Å². The Bertz CT molecular complexity index is 905. The molecule has 0 unspecified atom stereocenters. The second-order valence-corrected chi connectivity index (χ2v) is 7.82. The van der Waals surface area contributed by atoms with E-state index >= 15 is 0 Å². The highest BCUT2D eigenvalue weighted by Gasteiger charge is 2.47. The number of hydrogen-bond acceptors (Lipinski definition) is 5. The summed E-state index contributed by atoms with van der Waals surface area (Å²) in [4.78, 5) is 40.1. The lowest BCUT2D eigenvalue weighted by molar-refractivity contribution is -0.137. The van der Waals surface area contributed by atoms with E-state index < -0.39 is 5.60 Å². The van der Waals surface area contributed by atoms with Gasteiger partial charge in [0, 0.05) is 13.6 Å². The van der Waals surface area contributed by atoms with Crippen LogP contribution in [0.25, 0.3) is 10.1 Å². The highest BCUT2D eigenvalue weighted by molar-refractivity contribution is 7.13. The van der Waals surface area contributed by atoms with Gasteiger partial charge >= 0.3 is 6.09 Å². The maximum Gasteiger partial charge on any atom is 0.410 e. The third kappa shape index (κ3) is 2.80. The lowest BCUT2D eigenvalue weighted by atomic mass is 9.93. The molecule has 132 valence electrons. The van der Waals surface area contributed by atoms with Crippen molar-refractivity contribution >= 4 is 33.6 Å². The van der Waals surface area contributed by atoms with Crippen LogP contribution in [0.15, 0.2) is 29.1 Å². The van der Waals surface area contributed by atoms with Gasteiger partial charge in [0.25, 0.3) is 5.56 Å². The van der Waals surface area contributed by atoms with Crippen LogP contribution in [0.3, 0.4) is 0 Å². The number of likely N-dealkylation sites (N-methyl/N-ethyl adjacent to an activating group) is 1. The third-order valence-corrected chi connectivity index (χ3v) is 5.93. The molecule has 2 aliphatic rings. The number of hydrogen-bond donors (Lipinski definition) is 0. The number of benzene rings is 1. The smallest absolute Gasteiger partial charge is 0.410 e. The molecular weight excluding hydrogens is 342 g/mol. The molecule has 0 bridgehead atoms. The quantitative estimate of drug-likeness (QED) is 0.813. The summed E-state index contributed by atoms with van der Waals surface area (Å²) in [5.74, 6) is -0.113. The van der Waals surface area contributed by atoms with Crippen LogP contribution in [0.4, 0.5) is 4.79 Å². The first-order valence-electron chi connectivity index (χ1n) is 8.28. The summed E-state index contributed by atoms with van der Waals surface area (Å²) in [6.45, 7) is 1.54. The molecule has 8 heteroatoms. The van der Waals surface area contributed by atoms with Gasteiger partial charge in [-0.15, -0.1) is 0 Å². The summed E-state index contributed by atoms with van der Waals surface area (Å²) in [5, 5.41) is 0.641. The van der Waals surface area contributed by atoms with Crippen molar-refractivity contribution in [2.45, 2.75) is 25.0 Å². The van der Waals surface area contributed by atoms with Gasteiger partial charge in [-0.3, -0.25) is 13.5 Å². The number of fused-ring (bicyclic) bond motifs is 1. The van der Waals surface area contributed by atoms with E-state index in [1.165, 1.54) is 15.5 Å². The topological polar surface area (TPSA) is 71.8 Å². The minimum atomic E-state index is -0.606. The molecular formula is C17H19N3O4S. The molecule has 1 atom stereocenters. The molecule has 0 aliphatic carbocycles. The van der Waals surface area contributed by atoms with Crippen molar-refractivity contribution in [3.63, 3.8) is 0 Å². The molecule has 2 saturated heterocycles. The number of nitrogens with zero attached hydrogens (tertiary/aromatic N) is 3. The van der Waals surface area contributed by atoms with Crippen molar-refractivity contribution in [1.29, 1.82) is 0 Å². The van der Waals surface area contributed by atoms with Crippen LogP contribution < -0.4 is 5.56 Å². The summed E-state index contributed by atoms with van der Waals surface area (Å²) in [6.07, 6.45) is 1.21. The van der Waals surface area contributed by atoms with Gasteiger partial charge in [0.15, 0.2) is 0 Å². The highest BCUT2D eigenvalue weighted by Crippen LogP contribution is 2.31. The Hall–Kier alpha value is -2.35. The zero-order valence-electron chi connectivity index (χ0n) is 13.9. The highest BCUT2D eigenvalue weighted by atomic mass is 32.1. The Balaban J connectivity index is 1.52. The van der Waals surface area contributed by atoms with Crippen molar-refractivity contribution in [2.75, 3.05) is 26.7 Å². The fourth-order valence-corrected chi connectivity index (χ4v) is 4.65. The molecule has 2 aromatic rings. The van der Waals surface area contributed by atoms with Crippen LogP contribution in [0.5, 0.6) is 0 Å². The van der Waals surface area contributed by atoms with Crippen molar-refractivity contribution in [3.8, 4) is 0 Å². The fourth-order valence-electron chi connectivity index (χ4n) is 3.66. The van der Waals surface area contributed by atoms with E-state index in [2.05, 4.69) is 0 Å². The molecule has 0 N–H and O–H groups in total. The summed E-state index contributed by atoms with van der Waals surface area (Å²) >= 11 is 1.30. The Morgan fingerprint density at radius 2 is 2.08 bits per heavy atom. The van der Waals surface area contributed by atoms with Gasteiger partial charge in [-0.25, -0.2) is 4.79 Å². The molecule has 0 radical (unpaired) electrons. The van der Waals surface area contributed by atoms with Crippen molar-refractivity contribution in [1.82, 2.24) is 13.8 Å². The SMILES string of the molecule is CN1C[C@@]2(CCCN(C(=O)Cn3sc4ccccc4c3=O)C2)OC1=O. The van der Waals surface area contributed by atoms with Crippen LogP contribution in [0, 0.1) is 0 Å². The maximum atomic E-state index is 12.7. The van der Waals surface area contributed by atoms with Crippen LogP contribution in [0.2, 0.25) is 0 Å². The first-order chi connectivity index (χ1) is 12.0. The molecule has 7 nitrogen and oxygen atoms in total. The lowest BCUT2D eigenvalue weighted by Gasteiger charge is -2.38. The second kappa shape index (κ2) is 5.87. The molecule has 2 amide bonds. The monoisotopic (exact) mass is 361 g/mol. The van der Waals surface area contributed by atoms with Crippen molar-refractivity contribution in [2.24, 2.45) is 0 Å². The number of carbonyl (C=O) groups excluding carboxylic acids is 2. The van der Waals surface area contributed by atoms with E-state index in [-0.39, 0.29) is 24.1 Å². The Labute approximate surface area is 148 Å². The number of likely N-dealkylation sites (tertiary alicyclic amines) is 1. The summed E-state index contributed by atoms with van der Waals surface area (Å²) < 4.78 is 7.91. The zero-order chi connectivity index (χ0) is 17.6. The normalized spacial score (nSPS) is 23.5. The predicted molar refractivity (Wildman–Crippen MR) is 93.7 cm³/mol. The lowest BCUT2D eigenvalue weighted by Crippen LogP contribution is -2.53. The molecule has 1 aromatic heterocycles. The fraction of sp³-hybridized carbons (Fsp3) is 0.471. The van der Waals surface area contributed by atoms with Crippen LogP contribution in [-0.4, -0.2) is 58.0 Å². The molecule has 2 aliphatic heterocycles. The number of ether oxygens (including phenoxy) is 1. The van der Waals surface area contributed by atoms with E-state index in [0.29, 0.717) is 25.0 Å². The maximum absolute atomic E-state index is 12.7. The molecule has 25 heavy (non-hydrogen) atoms. The average Bonchev–Trinajstić information content (AvgIpc) is 3.05. The van der Waals surface area contributed by atoms with Crippen molar-refractivity contribution < 1.29 is 14.3 Å². The van der Waals surface area contributed by atoms with Gasteiger partial charge in [0.1, 0.15) is 12.1 Å². The van der Waals surface area contributed by atoms with Crippen LogP contribution in [0.1, 0.15) is 12.8 Å². The van der Waals surface area contributed by atoms with E-state index in [4.69, 9.17) is 4.74 Å². The van der Waals surface area contributed by atoms with Crippen LogP contribution >= 0.6 is 11.5 Å². The minimum absolute atomic E-state index is 0.0258. The largest absolute Gasteiger partial charge is 0.439 e. The number of aromatic nitrogens is 1. The van der Waals surface area contributed by atoms with Gasteiger partial charge in [0.05, 0.1) is 23.2 Å². The third-order valence-electron chi connectivity index (χ3n) is 4.86. The molecule has 1 spiro atoms. The summed E-state index contributed by atoms with van der Waals surface area (Å²) in [7, 11) is 1.70. The first kappa shape index (κ1) is 16.1. The molecule has 0 saturated carbocycles. The van der Waals surface area contributed by atoms with Crippen LogP contribution in [-0.2, 0) is 16.1 Å². The molecule has 1 aromatic carbocycles. The Morgan fingerprint density at radius 3 is 2.80 bits per heavy atom. The second-order valence-electron chi connectivity index (χ2n) is 6.76.